The van der Waals surface area contributed by atoms with Crippen molar-refractivity contribution in [1.82, 2.24) is 9.80 Å². The molecule has 2 aromatic carbocycles. The van der Waals surface area contributed by atoms with Gasteiger partial charge in [0.05, 0.1) is 18.7 Å². The van der Waals surface area contributed by atoms with E-state index >= 15 is 0 Å². The van der Waals surface area contributed by atoms with Crippen LogP contribution < -0.4 is 4.74 Å². The standard InChI is InChI=1S/C24H26N2O5S/c1-2-3-10-18-11-7-12-19-20(18)31-16-25(21(19)27)13-14-30-23-22(28)26(24(29)32-23)15-17-8-5-4-6-9-17/h4-9,11-12,23H,2-3,10,13-16H2,1H3. The average molecular weight is 455 g/mol. The number of aryl methyl sites for hydroxylation is 1. The number of fused-ring (bicyclic) bond motifs is 1. The third-order valence-corrected chi connectivity index (χ3v) is 6.46. The lowest BCUT2D eigenvalue weighted by Gasteiger charge is -2.30. The van der Waals surface area contributed by atoms with Crippen molar-refractivity contribution >= 4 is 28.8 Å². The van der Waals surface area contributed by atoms with Gasteiger partial charge in [0, 0.05) is 6.54 Å². The summed E-state index contributed by atoms with van der Waals surface area (Å²) in [6, 6.07) is 15.0. The van der Waals surface area contributed by atoms with Crippen LogP contribution >= 0.6 is 11.8 Å². The molecule has 0 bridgehead atoms. The summed E-state index contributed by atoms with van der Waals surface area (Å²) in [6.07, 6.45) is 2.99. The van der Waals surface area contributed by atoms with Crippen LogP contribution in [0, 0.1) is 0 Å². The summed E-state index contributed by atoms with van der Waals surface area (Å²) in [4.78, 5) is 40.5. The second kappa shape index (κ2) is 10.2. The van der Waals surface area contributed by atoms with E-state index in [0.29, 0.717) is 11.3 Å². The lowest BCUT2D eigenvalue weighted by Crippen LogP contribution is -2.41. The van der Waals surface area contributed by atoms with E-state index in [2.05, 4.69) is 6.92 Å². The molecule has 2 heterocycles. The molecular formula is C24H26N2O5S. The number of hydrogen-bond acceptors (Lipinski definition) is 6. The van der Waals surface area contributed by atoms with E-state index in [-0.39, 0.29) is 43.5 Å². The number of ether oxygens (including phenoxy) is 2. The van der Waals surface area contributed by atoms with Gasteiger partial charge in [0.2, 0.25) is 0 Å². The number of amides is 3. The van der Waals surface area contributed by atoms with Gasteiger partial charge in [-0.2, -0.15) is 0 Å². The molecule has 0 aliphatic carbocycles. The first-order valence-electron chi connectivity index (χ1n) is 10.8. The maximum Gasteiger partial charge on any atom is 0.291 e. The van der Waals surface area contributed by atoms with E-state index in [0.717, 1.165) is 42.2 Å². The normalized spacial score (nSPS) is 18.2. The predicted molar refractivity (Wildman–Crippen MR) is 121 cm³/mol. The zero-order chi connectivity index (χ0) is 22.5. The number of carbonyl (C=O) groups is 3. The Morgan fingerprint density at radius 2 is 1.91 bits per heavy atom. The summed E-state index contributed by atoms with van der Waals surface area (Å²) in [5.41, 5.74) is 1.60. The molecule has 0 saturated carbocycles. The summed E-state index contributed by atoms with van der Waals surface area (Å²) < 4.78 is 11.6. The molecule has 2 aliphatic heterocycles. The first-order chi connectivity index (χ1) is 15.6. The van der Waals surface area contributed by atoms with Crippen molar-refractivity contribution < 1.29 is 23.9 Å². The smallest absolute Gasteiger partial charge is 0.291 e. The highest BCUT2D eigenvalue weighted by Crippen LogP contribution is 2.31. The topological polar surface area (TPSA) is 76.2 Å². The highest BCUT2D eigenvalue weighted by molar-refractivity contribution is 8.15. The quantitative estimate of drug-likeness (QED) is 0.569. The highest BCUT2D eigenvalue weighted by atomic mass is 32.2. The number of thioether (sulfide) groups is 1. The van der Waals surface area contributed by atoms with Crippen molar-refractivity contribution in [3.8, 4) is 5.75 Å². The van der Waals surface area contributed by atoms with Gasteiger partial charge in [0.1, 0.15) is 5.75 Å². The molecule has 8 heteroatoms. The van der Waals surface area contributed by atoms with Crippen molar-refractivity contribution in [3.63, 3.8) is 0 Å². The van der Waals surface area contributed by atoms with E-state index in [4.69, 9.17) is 9.47 Å². The monoisotopic (exact) mass is 454 g/mol. The van der Waals surface area contributed by atoms with Gasteiger partial charge in [0.15, 0.2) is 12.2 Å². The Morgan fingerprint density at radius 3 is 2.69 bits per heavy atom. The van der Waals surface area contributed by atoms with Gasteiger partial charge in [0.25, 0.3) is 17.1 Å². The van der Waals surface area contributed by atoms with Gasteiger partial charge in [-0.05, 0) is 41.8 Å². The van der Waals surface area contributed by atoms with Crippen LogP contribution in [0.5, 0.6) is 5.75 Å². The van der Waals surface area contributed by atoms with Crippen molar-refractivity contribution in [1.29, 1.82) is 0 Å². The first kappa shape index (κ1) is 22.4. The van der Waals surface area contributed by atoms with E-state index < -0.39 is 5.44 Å². The first-order valence-corrected chi connectivity index (χ1v) is 11.7. The minimum absolute atomic E-state index is 0.111. The average Bonchev–Trinajstić information content (AvgIpc) is 3.07. The minimum atomic E-state index is -0.889. The van der Waals surface area contributed by atoms with Crippen LogP contribution in [-0.2, 0) is 22.5 Å². The van der Waals surface area contributed by atoms with Crippen molar-refractivity contribution in [3.05, 3.63) is 65.2 Å². The van der Waals surface area contributed by atoms with Crippen molar-refractivity contribution in [2.24, 2.45) is 0 Å². The molecule has 4 rings (SSSR count). The lowest BCUT2D eigenvalue weighted by atomic mass is 10.0. The van der Waals surface area contributed by atoms with Gasteiger partial charge in [-0.25, -0.2) is 0 Å². The van der Waals surface area contributed by atoms with Gasteiger partial charge >= 0.3 is 0 Å². The molecular weight excluding hydrogens is 428 g/mol. The largest absolute Gasteiger partial charge is 0.472 e. The Morgan fingerprint density at radius 1 is 1.09 bits per heavy atom. The zero-order valence-electron chi connectivity index (χ0n) is 18.0. The fourth-order valence-electron chi connectivity index (χ4n) is 3.73. The van der Waals surface area contributed by atoms with Crippen LogP contribution in [0.25, 0.3) is 0 Å². The Bertz CT molecular complexity index is 997. The van der Waals surface area contributed by atoms with Gasteiger partial charge in [-0.3, -0.25) is 19.3 Å². The number of carbonyl (C=O) groups excluding carboxylic acids is 3. The second-order valence-corrected chi connectivity index (χ2v) is 8.75. The SMILES string of the molecule is CCCCc1cccc2c1OCN(CCOC1SC(=O)N(Cc3ccccc3)C1=O)C2=O. The molecule has 1 saturated heterocycles. The fourth-order valence-corrected chi connectivity index (χ4v) is 4.59. The Hall–Kier alpha value is -2.84. The molecule has 1 atom stereocenters. The molecule has 32 heavy (non-hydrogen) atoms. The summed E-state index contributed by atoms with van der Waals surface area (Å²) in [6.45, 7) is 2.90. The second-order valence-electron chi connectivity index (χ2n) is 7.74. The summed E-state index contributed by atoms with van der Waals surface area (Å²) in [5, 5.41) is -0.324. The van der Waals surface area contributed by atoms with Crippen molar-refractivity contribution in [2.45, 2.75) is 38.2 Å². The van der Waals surface area contributed by atoms with Crippen LogP contribution in [0.1, 0.15) is 41.3 Å². The number of benzene rings is 2. The summed E-state index contributed by atoms with van der Waals surface area (Å²) >= 11 is 0.867. The number of rotatable bonds is 9. The van der Waals surface area contributed by atoms with Crippen molar-refractivity contribution in [2.75, 3.05) is 19.9 Å². The predicted octanol–water partition coefficient (Wildman–Crippen LogP) is 4.06. The van der Waals surface area contributed by atoms with E-state index in [1.807, 2.05) is 42.5 Å². The molecule has 0 aromatic heterocycles. The lowest BCUT2D eigenvalue weighted by molar-refractivity contribution is -0.134. The number of unbranched alkanes of at least 4 members (excludes halogenated alkanes) is 1. The van der Waals surface area contributed by atoms with Gasteiger partial charge in [-0.1, -0.05) is 55.8 Å². The molecule has 1 unspecified atom stereocenters. The molecule has 2 aliphatic rings. The Balaban J connectivity index is 1.31. The molecule has 168 valence electrons. The minimum Gasteiger partial charge on any atom is -0.472 e. The van der Waals surface area contributed by atoms with Crippen LogP contribution in [-0.4, -0.2) is 52.2 Å². The molecule has 0 N–H and O–H groups in total. The molecule has 1 fully saturated rings. The van der Waals surface area contributed by atoms with Gasteiger partial charge < -0.3 is 14.4 Å². The molecule has 0 spiro atoms. The molecule has 7 nitrogen and oxygen atoms in total. The molecule has 2 aromatic rings. The van der Waals surface area contributed by atoms with E-state index in [1.54, 1.807) is 11.0 Å². The van der Waals surface area contributed by atoms with Crippen LogP contribution in [0.2, 0.25) is 0 Å². The molecule has 3 amide bonds. The van der Waals surface area contributed by atoms with E-state index in [9.17, 15) is 14.4 Å². The Kier molecular flexibility index (Phi) is 7.12. The maximum atomic E-state index is 12.9. The van der Waals surface area contributed by atoms with Crippen LogP contribution in [0.15, 0.2) is 48.5 Å². The number of hydrogen-bond donors (Lipinski definition) is 0. The van der Waals surface area contributed by atoms with Crippen LogP contribution in [0.4, 0.5) is 4.79 Å². The zero-order valence-corrected chi connectivity index (χ0v) is 18.8. The number of nitrogens with zero attached hydrogens (tertiary/aromatic N) is 2. The maximum absolute atomic E-state index is 12.9. The third kappa shape index (κ3) is 4.81. The van der Waals surface area contributed by atoms with Crippen LogP contribution in [0.3, 0.4) is 0 Å². The summed E-state index contributed by atoms with van der Waals surface area (Å²) in [7, 11) is 0. The van der Waals surface area contributed by atoms with Gasteiger partial charge in [-0.15, -0.1) is 0 Å². The number of imide groups is 1. The van der Waals surface area contributed by atoms with E-state index in [1.165, 1.54) is 4.90 Å². The highest BCUT2D eigenvalue weighted by Gasteiger charge is 2.40. The summed E-state index contributed by atoms with van der Waals surface area (Å²) in [5.74, 6) is 0.197. The third-order valence-electron chi connectivity index (χ3n) is 5.49. The Labute approximate surface area is 191 Å². The molecule has 0 radical (unpaired) electrons. The fraction of sp³-hybridized carbons (Fsp3) is 0.375. The number of para-hydroxylation sites is 1.